The maximum absolute atomic E-state index is 12.6. The van der Waals surface area contributed by atoms with Gasteiger partial charge in [0.2, 0.25) is 0 Å². The van der Waals surface area contributed by atoms with Crippen LogP contribution in [0.5, 0.6) is 0 Å². The number of methoxy groups -OCH3 is 1. The van der Waals surface area contributed by atoms with E-state index in [2.05, 4.69) is 5.32 Å². The van der Waals surface area contributed by atoms with E-state index in [1.54, 1.807) is 11.8 Å². The van der Waals surface area contributed by atoms with Gasteiger partial charge in [-0.2, -0.15) is 0 Å². The molecule has 1 aliphatic heterocycles. The van der Waals surface area contributed by atoms with E-state index < -0.39 is 11.9 Å². The van der Waals surface area contributed by atoms with Gasteiger partial charge in [0.15, 0.2) is 0 Å². The molecule has 1 heterocycles. The summed E-state index contributed by atoms with van der Waals surface area (Å²) < 4.78 is 4.90. The van der Waals surface area contributed by atoms with Gasteiger partial charge in [-0.1, -0.05) is 48.2 Å². The SMILES string of the molecule is CCNC(=O)C(C(=O)OC)=C1c2ccccc2Sc2ccccc21. The van der Waals surface area contributed by atoms with E-state index >= 15 is 0 Å². The molecule has 1 aliphatic rings. The van der Waals surface area contributed by atoms with E-state index in [0.717, 1.165) is 20.9 Å². The Labute approximate surface area is 144 Å². The van der Waals surface area contributed by atoms with Crippen LogP contribution in [0.25, 0.3) is 5.57 Å². The van der Waals surface area contributed by atoms with Gasteiger partial charge in [-0.25, -0.2) is 4.79 Å². The van der Waals surface area contributed by atoms with Gasteiger partial charge in [-0.15, -0.1) is 0 Å². The van der Waals surface area contributed by atoms with Gasteiger partial charge in [0.25, 0.3) is 5.91 Å². The van der Waals surface area contributed by atoms with Crippen molar-refractivity contribution in [2.24, 2.45) is 0 Å². The van der Waals surface area contributed by atoms with Crippen molar-refractivity contribution in [2.75, 3.05) is 13.7 Å². The van der Waals surface area contributed by atoms with Crippen molar-refractivity contribution >= 4 is 29.2 Å². The number of rotatable bonds is 3. The minimum absolute atomic E-state index is 0.0413. The lowest BCUT2D eigenvalue weighted by molar-refractivity contribution is -0.138. The first-order valence-electron chi connectivity index (χ1n) is 7.64. The molecule has 0 spiro atoms. The zero-order chi connectivity index (χ0) is 17.1. The molecule has 0 atom stereocenters. The first kappa shape index (κ1) is 16.3. The summed E-state index contributed by atoms with van der Waals surface area (Å²) in [5.41, 5.74) is 2.40. The highest BCUT2D eigenvalue weighted by molar-refractivity contribution is 7.99. The van der Waals surface area contributed by atoms with E-state index in [0.29, 0.717) is 12.1 Å². The smallest absolute Gasteiger partial charge is 0.344 e. The minimum atomic E-state index is -0.632. The fourth-order valence-corrected chi connectivity index (χ4v) is 3.81. The molecule has 5 heteroatoms. The molecule has 0 aliphatic carbocycles. The largest absolute Gasteiger partial charge is 0.465 e. The third-order valence-corrected chi connectivity index (χ3v) is 4.89. The summed E-state index contributed by atoms with van der Waals surface area (Å²) in [6, 6.07) is 15.5. The molecule has 2 aromatic carbocycles. The molecular weight excluding hydrogens is 322 g/mol. The number of likely N-dealkylation sites (N-methyl/N-ethyl adjacent to an activating group) is 1. The van der Waals surface area contributed by atoms with Crippen LogP contribution in [0, 0.1) is 0 Å². The highest BCUT2D eigenvalue weighted by atomic mass is 32.2. The van der Waals surface area contributed by atoms with Crippen LogP contribution in [0.1, 0.15) is 18.1 Å². The third kappa shape index (κ3) is 2.83. The maximum atomic E-state index is 12.6. The number of benzene rings is 2. The summed E-state index contributed by atoms with van der Waals surface area (Å²) in [7, 11) is 1.29. The van der Waals surface area contributed by atoms with Crippen LogP contribution >= 0.6 is 11.8 Å². The summed E-state index contributed by atoms with van der Waals surface area (Å²) >= 11 is 1.63. The molecule has 1 amide bonds. The number of fused-ring (bicyclic) bond motifs is 2. The molecule has 0 saturated carbocycles. The Bertz CT molecular complexity index is 795. The maximum Gasteiger partial charge on any atom is 0.344 e. The van der Waals surface area contributed by atoms with E-state index in [1.165, 1.54) is 7.11 Å². The summed E-state index contributed by atoms with van der Waals surface area (Å²) in [6.07, 6.45) is 0. The molecule has 122 valence electrons. The summed E-state index contributed by atoms with van der Waals surface area (Å²) in [4.78, 5) is 27.0. The van der Waals surface area contributed by atoms with Crippen molar-refractivity contribution in [3.05, 3.63) is 65.2 Å². The molecule has 1 N–H and O–H groups in total. The standard InChI is InChI=1S/C19H17NO3S/c1-3-20-18(21)17(19(22)23-2)16-12-8-4-6-10-14(12)24-15-11-7-5-9-13(15)16/h4-11H,3H2,1-2H3,(H,20,21). The number of carbonyl (C=O) groups is 2. The molecular formula is C19H17NO3S. The predicted molar refractivity (Wildman–Crippen MR) is 93.7 cm³/mol. The lowest BCUT2D eigenvalue weighted by atomic mass is 9.91. The van der Waals surface area contributed by atoms with Crippen LogP contribution in [-0.2, 0) is 14.3 Å². The highest BCUT2D eigenvalue weighted by Crippen LogP contribution is 2.46. The van der Waals surface area contributed by atoms with Gasteiger partial charge < -0.3 is 10.1 Å². The number of esters is 1. The normalized spacial score (nSPS) is 12.0. The minimum Gasteiger partial charge on any atom is -0.465 e. The summed E-state index contributed by atoms with van der Waals surface area (Å²) in [5.74, 6) is -1.05. The predicted octanol–water partition coefficient (Wildman–Crippen LogP) is 3.26. The van der Waals surface area contributed by atoms with Gasteiger partial charge in [0.05, 0.1) is 7.11 Å². The first-order chi connectivity index (χ1) is 11.7. The zero-order valence-electron chi connectivity index (χ0n) is 13.5. The molecule has 0 bridgehead atoms. The van der Waals surface area contributed by atoms with Gasteiger partial charge in [-0.3, -0.25) is 4.79 Å². The zero-order valence-corrected chi connectivity index (χ0v) is 14.3. The summed E-state index contributed by atoms with van der Waals surface area (Å²) in [5, 5.41) is 2.72. The molecule has 4 nitrogen and oxygen atoms in total. The fraction of sp³-hybridized carbons (Fsp3) is 0.158. The monoisotopic (exact) mass is 339 g/mol. The van der Waals surface area contributed by atoms with Crippen molar-refractivity contribution in [2.45, 2.75) is 16.7 Å². The van der Waals surface area contributed by atoms with Crippen molar-refractivity contribution in [3.8, 4) is 0 Å². The van der Waals surface area contributed by atoms with Gasteiger partial charge >= 0.3 is 5.97 Å². The molecule has 0 aromatic heterocycles. The van der Waals surface area contributed by atoms with Crippen LogP contribution in [0.15, 0.2) is 63.9 Å². The number of carbonyl (C=O) groups excluding carboxylic acids is 2. The van der Waals surface area contributed by atoms with Crippen LogP contribution in [-0.4, -0.2) is 25.5 Å². The van der Waals surface area contributed by atoms with Crippen molar-refractivity contribution in [3.63, 3.8) is 0 Å². The van der Waals surface area contributed by atoms with E-state index in [-0.39, 0.29) is 5.57 Å². The van der Waals surface area contributed by atoms with Crippen LogP contribution < -0.4 is 5.32 Å². The Hall–Kier alpha value is -2.53. The Balaban J connectivity index is 2.34. The Morgan fingerprint density at radius 3 is 2.04 bits per heavy atom. The van der Waals surface area contributed by atoms with Crippen molar-refractivity contribution < 1.29 is 14.3 Å². The quantitative estimate of drug-likeness (QED) is 0.344. The van der Waals surface area contributed by atoms with Crippen LogP contribution in [0.4, 0.5) is 0 Å². The number of hydrogen-bond donors (Lipinski definition) is 1. The molecule has 3 rings (SSSR count). The summed E-state index contributed by atoms with van der Waals surface area (Å²) in [6.45, 7) is 2.25. The highest BCUT2D eigenvalue weighted by Gasteiger charge is 2.30. The Morgan fingerprint density at radius 1 is 1.00 bits per heavy atom. The Morgan fingerprint density at radius 2 is 1.54 bits per heavy atom. The number of nitrogens with one attached hydrogen (secondary N) is 1. The fourth-order valence-electron chi connectivity index (χ4n) is 2.72. The lowest BCUT2D eigenvalue weighted by Gasteiger charge is -2.23. The molecule has 0 fully saturated rings. The number of ether oxygens (including phenoxy) is 1. The average Bonchev–Trinajstić information content (AvgIpc) is 2.61. The third-order valence-electron chi connectivity index (χ3n) is 3.74. The second-order valence-electron chi connectivity index (χ2n) is 5.20. The van der Waals surface area contributed by atoms with E-state index in [4.69, 9.17) is 4.74 Å². The van der Waals surface area contributed by atoms with Gasteiger partial charge in [-0.05, 0) is 30.2 Å². The molecule has 0 radical (unpaired) electrons. The molecule has 2 aromatic rings. The lowest BCUT2D eigenvalue weighted by Crippen LogP contribution is -2.30. The Kier molecular flexibility index (Phi) is 4.71. The van der Waals surface area contributed by atoms with E-state index in [9.17, 15) is 9.59 Å². The number of hydrogen-bond acceptors (Lipinski definition) is 4. The second-order valence-corrected chi connectivity index (χ2v) is 6.28. The van der Waals surface area contributed by atoms with E-state index in [1.807, 2.05) is 55.5 Å². The van der Waals surface area contributed by atoms with Gasteiger partial charge in [0, 0.05) is 21.9 Å². The average molecular weight is 339 g/mol. The molecule has 24 heavy (non-hydrogen) atoms. The molecule has 0 unspecified atom stereocenters. The molecule has 0 saturated heterocycles. The first-order valence-corrected chi connectivity index (χ1v) is 8.46. The number of amides is 1. The van der Waals surface area contributed by atoms with Crippen LogP contribution in [0.2, 0.25) is 0 Å². The van der Waals surface area contributed by atoms with Crippen LogP contribution in [0.3, 0.4) is 0 Å². The topological polar surface area (TPSA) is 55.4 Å². The van der Waals surface area contributed by atoms with Crippen molar-refractivity contribution in [1.82, 2.24) is 5.32 Å². The van der Waals surface area contributed by atoms with Gasteiger partial charge in [0.1, 0.15) is 5.57 Å². The van der Waals surface area contributed by atoms with Crippen molar-refractivity contribution in [1.29, 1.82) is 0 Å². The second kappa shape index (κ2) is 6.93.